The lowest BCUT2D eigenvalue weighted by atomic mass is 9.90. The van der Waals surface area contributed by atoms with Crippen molar-refractivity contribution in [1.82, 2.24) is 14.8 Å². The Bertz CT molecular complexity index is 805. The highest BCUT2D eigenvalue weighted by molar-refractivity contribution is 5.79. The molecule has 1 aromatic heterocycles. The molecule has 0 fully saturated rings. The summed E-state index contributed by atoms with van der Waals surface area (Å²) in [5.74, 6) is -0.0661. The molecule has 0 radical (unpaired) electrons. The second-order valence-electron chi connectivity index (χ2n) is 7.43. The third-order valence-electron chi connectivity index (χ3n) is 5.39. The first kappa shape index (κ1) is 18.2. The monoisotopic (exact) mass is 350 g/mol. The van der Waals surface area contributed by atoms with Crippen LogP contribution in [0.3, 0.4) is 0 Å². The summed E-state index contributed by atoms with van der Waals surface area (Å²) in [6.07, 6.45) is 2.09. The van der Waals surface area contributed by atoms with Gasteiger partial charge < -0.3 is 9.88 Å². The highest BCUT2D eigenvalue weighted by atomic mass is 16.2. The largest absolute Gasteiger partial charge is 0.348 e. The van der Waals surface area contributed by atoms with E-state index in [-0.39, 0.29) is 24.4 Å². The summed E-state index contributed by atoms with van der Waals surface area (Å²) in [5, 5.41) is 12.4. The molecule has 26 heavy (non-hydrogen) atoms. The maximum atomic E-state index is 12.7. The SMILES string of the molecule is CC(C)C(C)(C#N)NC(=O)CN1CCn2cccc2C1c1ccccc1. The molecule has 0 saturated carbocycles. The van der Waals surface area contributed by atoms with Gasteiger partial charge in [0.1, 0.15) is 5.54 Å². The lowest BCUT2D eigenvalue weighted by molar-refractivity contribution is -0.124. The Kier molecular flexibility index (Phi) is 5.15. The van der Waals surface area contributed by atoms with Gasteiger partial charge >= 0.3 is 0 Å². The zero-order chi connectivity index (χ0) is 18.7. The molecule has 5 heteroatoms. The summed E-state index contributed by atoms with van der Waals surface area (Å²) in [5.41, 5.74) is 1.52. The number of amides is 1. The third-order valence-corrected chi connectivity index (χ3v) is 5.39. The quantitative estimate of drug-likeness (QED) is 0.902. The summed E-state index contributed by atoms with van der Waals surface area (Å²) in [6, 6.07) is 16.7. The average Bonchev–Trinajstić information content (AvgIpc) is 3.10. The number of carbonyl (C=O) groups excluding carboxylic acids is 1. The number of hydrogen-bond acceptors (Lipinski definition) is 3. The first-order chi connectivity index (χ1) is 12.4. The van der Waals surface area contributed by atoms with Crippen molar-refractivity contribution in [2.24, 2.45) is 5.92 Å². The van der Waals surface area contributed by atoms with E-state index in [4.69, 9.17) is 0 Å². The molecule has 1 amide bonds. The second kappa shape index (κ2) is 7.35. The lowest BCUT2D eigenvalue weighted by Gasteiger charge is -2.37. The minimum Gasteiger partial charge on any atom is -0.348 e. The first-order valence-electron chi connectivity index (χ1n) is 9.11. The van der Waals surface area contributed by atoms with Crippen molar-refractivity contribution >= 4 is 5.91 Å². The summed E-state index contributed by atoms with van der Waals surface area (Å²) >= 11 is 0. The Labute approximate surface area is 155 Å². The Hall–Kier alpha value is -2.58. The van der Waals surface area contributed by atoms with E-state index in [0.29, 0.717) is 0 Å². The van der Waals surface area contributed by atoms with Crippen LogP contribution in [-0.4, -0.2) is 34.0 Å². The van der Waals surface area contributed by atoms with Crippen LogP contribution >= 0.6 is 0 Å². The Morgan fingerprint density at radius 1 is 1.27 bits per heavy atom. The van der Waals surface area contributed by atoms with Crippen molar-refractivity contribution in [2.45, 2.75) is 38.9 Å². The van der Waals surface area contributed by atoms with E-state index >= 15 is 0 Å². The van der Waals surface area contributed by atoms with Crippen molar-refractivity contribution in [1.29, 1.82) is 5.26 Å². The zero-order valence-electron chi connectivity index (χ0n) is 15.6. The molecule has 136 valence electrons. The number of aromatic nitrogens is 1. The highest BCUT2D eigenvalue weighted by Gasteiger charge is 2.33. The molecule has 0 bridgehead atoms. The fourth-order valence-electron chi connectivity index (χ4n) is 3.43. The average molecular weight is 350 g/mol. The number of carbonyl (C=O) groups is 1. The third kappa shape index (κ3) is 3.51. The minimum atomic E-state index is -0.852. The molecule has 2 atom stereocenters. The molecule has 2 heterocycles. The van der Waals surface area contributed by atoms with Crippen molar-refractivity contribution in [3.8, 4) is 6.07 Å². The van der Waals surface area contributed by atoms with Crippen LogP contribution in [0, 0.1) is 17.2 Å². The van der Waals surface area contributed by atoms with E-state index in [1.54, 1.807) is 6.92 Å². The molecule has 2 aromatic rings. The fraction of sp³-hybridized carbons (Fsp3) is 0.429. The van der Waals surface area contributed by atoms with Crippen molar-refractivity contribution in [3.63, 3.8) is 0 Å². The number of rotatable bonds is 5. The van der Waals surface area contributed by atoms with E-state index in [1.165, 1.54) is 11.3 Å². The molecule has 1 aliphatic rings. The predicted molar refractivity (Wildman–Crippen MR) is 101 cm³/mol. The van der Waals surface area contributed by atoms with E-state index in [2.05, 4.69) is 51.3 Å². The van der Waals surface area contributed by atoms with Crippen molar-refractivity contribution in [3.05, 3.63) is 59.9 Å². The topological polar surface area (TPSA) is 61.1 Å². The summed E-state index contributed by atoms with van der Waals surface area (Å²) in [6.45, 7) is 7.60. The van der Waals surface area contributed by atoms with Crippen LogP contribution in [0.4, 0.5) is 0 Å². The van der Waals surface area contributed by atoms with Gasteiger partial charge in [0.2, 0.25) is 5.91 Å². The van der Waals surface area contributed by atoms with E-state index in [9.17, 15) is 10.1 Å². The van der Waals surface area contributed by atoms with E-state index < -0.39 is 5.54 Å². The number of nitrogens with zero attached hydrogens (tertiary/aromatic N) is 3. The van der Waals surface area contributed by atoms with Gasteiger partial charge in [-0.05, 0) is 30.5 Å². The van der Waals surface area contributed by atoms with Crippen LogP contribution in [0.1, 0.15) is 38.1 Å². The first-order valence-corrected chi connectivity index (χ1v) is 9.11. The molecule has 5 nitrogen and oxygen atoms in total. The molecule has 1 N–H and O–H groups in total. The van der Waals surface area contributed by atoms with Gasteiger partial charge in [-0.25, -0.2) is 0 Å². The van der Waals surface area contributed by atoms with Gasteiger partial charge in [-0.3, -0.25) is 9.69 Å². The van der Waals surface area contributed by atoms with Crippen LogP contribution in [0.2, 0.25) is 0 Å². The Balaban J connectivity index is 1.83. The van der Waals surface area contributed by atoms with Crippen LogP contribution in [0.15, 0.2) is 48.7 Å². The fourth-order valence-corrected chi connectivity index (χ4v) is 3.43. The van der Waals surface area contributed by atoms with E-state index in [0.717, 1.165) is 13.1 Å². The normalized spacial score (nSPS) is 19.4. The molecular weight excluding hydrogens is 324 g/mol. The van der Waals surface area contributed by atoms with Crippen LogP contribution < -0.4 is 5.32 Å². The van der Waals surface area contributed by atoms with Gasteiger partial charge in [-0.15, -0.1) is 0 Å². The second-order valence-corrected chi connectivity index (χ2v) is 7.43. The van der Waals surface area contributed by atoms with Gasteiger partial charge in [0.15, 0.2) is 0 Å². The maximum Gasteiger partial charge on any atom is 0.235 e. The number of nitrogens with one attached hydrogen (secondary N) is 1. The molecule has 2 unspecified atom stereocenters. The Morgan fingerprint density at radius 3 is 2.65 bits per heavy atom. The minimum absolute atomic E-state index is 0.0399. The maximum absolute atomic E-state index is 12.7. The number of benzene rings is 1. The molecule has 3 rings (SSSR count). The zero-order valence-corrected chi connectivity index (χ0v) is 15.6. The summed E-state index contributed by atoms with van der Waals surface area (Å²) in [4.78, 5) is 14.9. The smallest absolute Gasteiger partial charge is 0.235 e. The van der Waals surface area contributed by atoms with Gasteiger partial charge in [-0.1, -0.05) is 44.2 Å². The standard InChI is InChI=1S/C21H26N4O/c1-16(2)21(3,15-22)23-19(26)14-25-13-12-24-11-7-10-18(24)20(25)17-8-5-4-6-9-17/h4-11,16,20H,12-14H2,1-3H3,(H,23,26). The van der Waals surface area contributed by atoms with Gasteiger partial charge in [0.25, 0.3) is 0 Å². The predicted octanol–water partition coefficient (Wildman–Crippen LogP) is 2.95. The molecule has 0 aliphatic carbocycles. The van der Waals surface area contributed by atoms with Crippen molar-refractivity contribution < 1.29 is 4.79 Å². The molecule has 1 aromatic carbocycles. The number of nitriles is 1. The van der Waals surface area contributed by atoms with Gasteiger partial charge in [0.05, 0.1) is 18.7 Å². The van der Waals surface area contributed by atoms with Gasteiger partial charge in [-0.2, -0.15) is 5.26 Å². The van der Waals surface area contributed by atoms with Crippen LogP contribution in [-0.2, 0) is 11.3 Å². The molecular formula is C21H26N4O. The number of fused-ring (bicyclic) bond motifs is 1. The summed E-state index contributed by atoms with van der Waals surface area (Å²) in [7, 11) is 0. The Morgan fingerprint density at radius 2 is 2.00 bits per heavy atom. The highest BCUT2D eigenvalue weighted by Crippen LogP contribution is 2.32. The molecule has 0 spiro atoms. The van der Waals surface area contributed by atoms with Crippen molar-refractivity contribution in [2.75, 3.05) is 13.1 Å². The van der Waals surface area contributed by atoms with E-state index in [1.807, 2.05) is 32.0 Å². The van der Waals surface area contributed by atoms with Crippen LogP contribution in [0.5, 0.6) is 0 Å². The number of hydrogen-bond donors (Lipinski definition) is 1. The summed E-state index contributed by atoms with van der Waals surface area (Å²) < 4.78 is 2.25. The molecule has 1 aliphatic heterocycles. The van der Waals surface area contributed by atoms with Crippen LogP contribution in [0.25, 0.3) is 0 Å². The lowest BCUT2D eigenvalue weighted by Crippen LogP contribution is -2.53. The molecule has 0 saturated heterocycles. The van der Waals surface area contributed by atoms with Gasteiger partial charge in [0, 0.05) is 25.0 Å².